The molecule has 0 amide bonds. The molecule has 1 heterocycles. The maximum atomic E-state index is 10.9. The van der Waals surface area contributed by atoms with Crippen LogP contribution in [0.3, 0.4) is 0 Å². The van der Waals surface area contributed by atoms with Crippen LogP contribution in [-0.4, -0.2) is 34.0 Å². The molecule has 0 saturated heterocycles. The molecule has 4 nitrogen and oxygen atoms in total. The third-order valence-corrected chi connectivity index (χ3v) is 4.01. The van der Waals surface area contributed by atoms with Gasteiger partial charge in [0, 0.05) is 11.4 Å². The number of carboxylic acid groups (broad SMARTS) is 1. The molecule has 1 aromatic rings. The molecule has 0 bridgehead atoms. The van der Waals surface area contributed by atoms with Gasteiger partial charge >= 0.3 is 5.97 Å². The number of thiazole rings is 1. The molecule has 1 aromatic heterocycles. The second-order valence-corrected chi connectivity index (χ2v) is 5.43. The summed E-state index contributed by atoms with van der Waals surface area (Å²) in [7, 11) is 0. The summed E-state index contributed by atoms with van der Waals surface area (Å²) >= 11 is 1.67. The van der Waals surface area contributed by atoms with Crippen LogP contribution in [0.1, 0.15) is 42.8 Å². The minimum Gasteiger partial charge on any atom is -0.481 e. The van der Waals surface area contributed by atoms with Gasteiger partial charge in [0.25, 0.3) is 0 Å². The van der Waals surface area contributed by atoms with Gasteiger partial charge < -0.3 is 5.11 Å². The predicted molar refractivity (Wildman–Crippen MR) is 74.1 cm³/mol. The second-order valence-electron chi connectivity index (χ2n) is 4.26. The highest BCUT2D eigenvalue weighted by atomic mass is 32.1. The predicted octanol–water partition coefficient (Wildman–Crippen LogP) is 2.56. The molecule has 0 unspecified atom stereocenters. The highest BCUT2D eigenvalue weighted by Crippen LogP contribution is 2.22. The number of aryl methyl sites for hydroxylation is 1. The molecule has 102 valence electrons. The van der Waals surface area contributed by atoms with Gasteiger partial charge in [-0.15, -0.1) is 11.3 Å². The van der Waals surface area contributed by atoms with E-state index in [2.05, 4.69) is 30.7 Å². The lowest BCUT2D eigenvalue weighted by Crippen LogP contribution is -2.22. The Bertz CT molecular complexity index is 386. The van der Waals surface area contributed by atoms with Gasteiger partial charge in [0.2, 0.25) is 0 Å². The van der Waals surface area contributed by atoms with Gasteiger partial charge in [-0.25, -0.2) is 4.98 Å². The van der Waals surface area contributed by atoms with Crippen LogP contribution >= 0.6 is 11.3 Å². The van der Waals surface area contributed by atoms with Crippen molar-refractivity contribution in [3.05, 3.63) is 15.6 Å². The molecule has 5 heteroatoms. The van der Waals surface area contributed by atoms with E-state index in [-0.39, 0.29) is 6.42 Å². The quantitative estimate of drug-likeness (QED) is 0.789. The molecule has 0 aliphatic carbocycles. The van der Waals surface area contributed by atoms with Crippen LogP contribution in [0.5, 0.6) is 0 Å². The fourth-order valence-electron chi connectivity index (χ4n) is 1.81. The van der Waals surface area contributed by atoms with E-state index in [0.29, 0.717) is 0 Å². The van der Waals surface area contributed by atoms with Crippen LogP contribution in [0.4, 0.5) is 0 Å². The summed E-state index contributed by atoms with van der Waals surface area (Å²) in [5.41, 5.74) is 0.753. The largest absolute Gasteiger partial charge is 0.481 e. The van der Waals surface area contributed by atoms with Crippen molar-refractivity contribution in [1.29, 1.82) is 0 Å². The zero-order chi connectivity index (χ0) is 13.5. The molecule has 0 aliphatic heterocycles. The van der Waals surface area contributed by atoms with Crippen LogP contribution < -0.4 is 0 Å². The number of hydrogen-bond acceptors (Lipinski definition) is 4. The minimum absolute atomic E-state index is 0.0385. The van der Waals surface area contributed by atoms with Crippen molar-refractivity contribution in [2.24, 2.45) is 0 Å². The highest BCUT2D eigenvalue weighted by Gasteiger charge is 2.15. The molecule has 0 atom stereocenters. The molecule has 0 aliphatic rings. The van der Waals surface area contributed by atoms with Gasteiger partial charge in [0.05, 0.1) is 17.1 Å². The molecule has 0 aromatic carbocycles. The van der Waals surface area contributed by atoms with Gasteiger partial charge in [-0.05, 0) is 25.9 Å². The van der Waals surface area contributed by atoms with Crippen molar-refractivity contribution in [3.63, 3.8) is 0 Å². The minimum atomic E-state index is -0.802. The van der Waals surface area contributed by atoms with Crippen molar-refractivity contribution in [1.82, 2.24) is 9.88 Å². The van der Waals surface area contributed by atoms with Crippen molar-refractivity contribution in [2.45, 2.75) is 46.6 Å². The molecule has 0 spiro atoms. The van der Waals surface area contributed by atoms with E-state index in [1.807, 2.05) is 0 Å². The summed E-state index contributed by atoms with van der Waals surface area (Å²) in [6.45, 7) is 9.12. The van der Waals surface area contributed by atoms with Crippen molar-refractivity contribution >= 4 is 17.3 Å². The average molecular weight is 270 g/mol. The summed E-state index contributed by atoms with van der Waals surface area (Å²) in [6.07, 6.45) is 2.02. The molecule has 1 N–H and O–H groups in total. The summed E-state index contributed by atoms with van der Waals surface area (Å²) < 4.78 is 0. The Morgan fingerprint density at radius 2 is 2.00 bits per heavy atom. The lowest BCUT2D eigenvalue weighted by Gasteiger charge is -2.17. The molecule has 18 heavy (non-hydrogen) atoms. The first-order valence-corrected chi connectivity index (χ1v) is 7.33. The van der Waals surface area contributed by atoms with Gasteiger partial charge in [-0.2, -0.15) is 0 Å². The average Bonchev–Trinajstić information content (AvgIpc) is 2.67. The van der Waals surface area contributed by atoms with Crippen LogP contribution in [0.2, 0.25) is 0 Å². The normalized spacial score (nSPS) is 11.1. The van der Waals surface area contributed by atoms with Gasteiger partial charge in [0.15, 0.2) is 0 Å². The Labute approximate surface area is 113 Å². The van der Waals surface area contributed by atoms with Gasteiger partial charge in [-0.1, -0.05) is 20.8 Å². The number of nitrogens with zero attached hydrogens (tertiary/aromatic N) is 2. The molecule has 0 saturated carbocycles. The monoisotopic (exact) mass is 270 g/mol. The van der Waals surface area contributed by atoms with E-state index in [4.69, 9.17) is 5.11 Å². The number of aliphatic carboxylic acids is 1. The zero-order valence-electron chi connectivity index (χ0n) is 11.4. The molecular formula is C13H22N2O2S. The Hall–Kier alpha value is -0.940. The lowest BCUT2D eigenvalue weighted by atomic mass is 10.2. The molecule has 0 radical (unpaired) electrons. The van der Waals surface area contributed by atoms with Crippen LogP contribution in [0.25, 0.3) is 0 Å². The Kier molecular flexibility index (Phi) is 6.29. The van der Waals surface area contributed by atoms with Crippen LogP contribution in [-0.2, 0) is 24.2 Å². The van der Waals surface area contributed by atoms with Gasteiger partial charge in [-0.3, -0.25) is 9.69 Å². The number of rotatable bonds is 8. The lowest BCUT2D eigenvalue weighted by molar-refractivity contribution is -0.136. The first-order valence-electron chi connectivity index (χ1n) is 6.52. The fourth-order valence-corrected chi connectivity index (χ4v) is 3.04. The summed E-state index contributed by atoms with van der Waals surface area (Å²) in [4.78, 5) is 18.7. The molecular weight excluding hydrogens is 248 g/mol. The Balaban J connectivity index is 2.87. The molecule has 1 rings (SSSR count). The zero-order valence-corrected chi connectivity index (χ0v) is 12.2. The standard InChI is InChI=1S/C13H22N2O2S/c1-4-7-12-14-10(8-13(16)17)11(18-12)9-15(5-2)6-3/h4-9H2,1-3H3,(H,16,17). The topological polar surface area (TPSA) is 53.4 Å². The Morgan fingerprint density at radius 1 is 1.33 bits per heavy atom. The molecule has 0 fully saturated rings. The number of hydrogen-bond donors (Lipinski definition) is 1. The maximum absolute atomic E-state index is 10.9. The highest BCUT2D eigenvalue weighted by molar-refractivity contribution is 7.11. The number of aromatic nitrogens is 1. The number of carbonyl (C=O) groups is 1. The smallest absolute Gasteiger partial charge is 0.309 e. The Morgan fingerprint density at radius 3 is 2.50 bits per heavy atom. The number of carboxylic acids is 1. The van der Waals surface area contributed by atoms with E-state index in [1.165, 1.54) is 0 Å². The third-order valence-electron chi connectivity index (χ3n) is 2.87. The first kappa shape index (κ1) is 15.1. The van der Waals surface area contributed by atoms with Crippen LogP contribution in [0, 0.1) is 0 Å². The van der Waals surface area contributed by atoms with Crippen molar-refractivity contribution in [2.75, 3.05) is 13.1 Å². The fraction of sp³-hybridized carbons (Fsp3) is 0.692. The third kappa shape index (κ3) is 4.38. The first-order chi connectivity index (χ1) is 8.60. The van der Waals surface area contributed by atoms with Crippen LogP contribution in [0.15, 0.2) is 0 Å². The van der Waals surface area contributed by atoms with E-state index in [0.717, 1.165) is 48.1 Å². The summed E-state index contributed by atoms with van der Waals surface area (Å²) in [5.74, 6) is -0.802. The summed E-state index contributed by atoms with van der Waals surface area (Å²) in [5, 5.41) is 10.00. The van der Waals surface area contributed by atoms with E-state index >= 15 is 0 Å². The van der Waals surface area contributed by atoms with E-state index in [9.17, 15) is 4.79 Å². The van der Waals surface area contributed by atoms with Crippen molar-refractivity contribution in [3.8, 4) is 0 Å². The second kappa shape index (κ2) is 7.48. The SMILES string of the molecule is CCCc1nc(CC(=O)O)c(CN(CC)CC)s1. The van der Waals surface area contributed by atoms with Gasteiger partial charge in [0.1, 0.15) is 0 Å². The van der Waals surface area contributed by atoms with E-state index in [1.54, 1.807) is 11.3 Å². The van der Waals surface area contributed by atoms with Crippen molar-refractivity contribution < 1.29 is 9.90 Å². The summed E-state index contributed by atoms with van der Waals surface area (Å²) in [6, 6.07) is 0. The van der Waals surface area contributed by atoms with E-state index < -0.39 is 5.97 Å². The maximum Gasteiger partial charge on any atom is 0.309 e.